The van der Waals surface area contributed by atoms with Crippen molar-refractivity contribution < 1.29 is 18.0 Å². The van der Waals surface area contributed by atoms with Crippen molar-refractivity contribution in [2.24, 2.45) is 0 Å². The molecule has 1 amide bonds. The lowest BCUT2D eigenvalue weighted by Gasteiger charge is -2.07. The molecular formula is C24H19F2N5O3S. The molecule has 0 atom stereocenters. The largest absolute Gasteiger partial charge is 0.467 e. The van der Waals surface area contributed by atoms with E-state index in [4.69, 9.17) is 4.42 Å². The lowest BCUT2D eigenvalue weighted by atomic mass is 10.1. The van der Waals surface area contributed by atoms with Crippen LogP contribution in [0.15, 0.2) is 57.3 Å². The van der Waals surface area contributed by atoms with Gasteiger partial charge in [-0.3, -0.25) is 14.0 Å². The number of thiazole rings is 1. The van der Waals surface area contributed by atoms with E-state index in [9.17, 15) is 18.4 Å². The average molecular weight is 496 g/mol. The van der Waals surface area contributed by atoms with Crippen LogP contribution in [0, 0.1) is 25.5 Å². The van der Waals surface area contributed by atoms with E-state index in [2.05, 4.69) is 15.4 Å². The molecule has 5 aromatic rings. The van der Waals surface area contributed by atoms with Crippen LogP contribution in [0.5, 0.6) is 0 Å². The zero-order valence-corrected chi connectivity index (χ0v) is 19.5. The van der Waals surface area contributed by atoms with E-state index in [1.54, 1.807) is 37.4 Å². The quantitative estimate of drug-likeness (QED) is 0.385. The van der Waals surface area contributed by atoms with Crippen molar-refractivity contribution in [3.8, 4) is 16.9 Å². The molecule has 178 valence electrons. The van der Waals surface area contributed by atoms with Gasteiger partial charge < -0.3 is 9.73 Å². The molecule has 8 nitrogen and oxygen atoms in total. The molecule has 0 aliphatic rings. The third-order valence-corrected chi connectivity index (χ3v) is 6.36. The van der Waals surface area contributed by atoms with E-state index in [1.165, 1.54) is 26.7 Å². The van der Waals surface area contributed by atoms with Crippen LogP contribution in [0.25, 0.3) is 21.9 Å². The fourth-order valence-corrected chi connectivity index (χ4v) is 4.76. The fourth-order valence-electron chi connectivity index (χ4n) is 3.84. The predicted molar refractivity (Wildman–Crippen MR) is 126 cm³/mol. The summed E-state index contributed by atoms with van der Waals surface area (Å²) in [6.45, 7) is 3.60. The maximum atomic E-state index is 14.4. The highest BCUT2D eigenvalue weighted by Crippen LogP contribution is 2.24. The summed E-state index contributed by atoms with van der Waals surface area (Å²) in [5.41, 5.74) is 1.46. The van der Waals surface area contributed by atoms with Crippen molar-refractivity contribution in [1.82, 2.24) is 24.5 Å². The first-order valence-electron chi connectivity index (χ1n) is 10.6. The molecule has 0 bridgehead atoms. The lowest BCUT2D eigenvalue weighted by Crippen LogP contribution is -2.27. The van der Waals surface area contributed by atoms with Crippen molar-refractivity contribution in [3.63, 3.8) is 0 Å². The lowest BCUT2D eigenvalue weighted by molar-refractivity contribution is -0.120. The van der Waals surface area contributed by atoms with Crippen LogP contribution < -0.4 is 10.9 Å². The molecule has 11 heteroatoms. The second-order valence-corrected chi connectivity index (χ2v) is 8.77. The number of hydrogen-bond donors (Lipinski definition) is 1. The van der Waals surface area contributed by atoms with Crippen LogP contribution in [0.2, 0.25) is 0 Å². The third kappa shape index (κ3) is 4.26. The van der Waals surface area contributed by atoms with E-state index in [-0.39, 0.29) is 35.8 Å². The van der Waals surface area contributed by atoms with Crippen molar-refractivity contribution in [2.45, 2.75) is 26.8 Å². The Morgan fingerprint density at radius 1 is 1.20 bits per heavy atom. The molecule has 0 fully saturated rings. The second kappa shape index (κ2) is 8.91. The van der Waals surface area contributed by atoms with Gasteiger partial charge in [-0.15, -0.1) is 11.3 Å². The molecule has 0 saturated heterocycles. The Hall–Kier alpha value is -4.12. The molecule has 0 radical (unpaired) electrons. The van der Waals surface area contributed by atoms with Crippen LogP contribution in [0.1, 0.15) is 22.8 Å². The van der Waals surface area contributed by atoms with Gasteiger partial charge in [0.1, 0.15) is 28.8 Å². The highest BCUT2D eigenvalue weighted by molar-refractivity contribution is 7.15. The maximum absolute atomic E-state index is 14.4. The molecule has 0 saturated carbocycles. The fraction of sp³-hybridized carbons (Fsp3) is 0.167. The Morgan fingerprint density at radius 3 is 2.80 bits per heavy atom. The molecule has 0 unspecified atom stereocenters. The number of amides is 1. The number of halogens is 2. The molecule has 35 heavy (non-hydrogen) atoms. The van der Waals surface area contributed by atoms with Crippen molar-refractivity contribution in [3.05, 3.63) is 92.9 Å². The third-order valence-electron chi connectivity index (χ3n) is 5.48. The Balaban J connectivity index is 1.51. The minimum absolute atomic E-state index is 0.0350. The summed E-state index contributed by atoms with van der Waals surface area (Å²) < 4.78 is 35.9. The molecule has 5 rings (SSSR count). The van der Waals surface area contributed by atoms with Crippen LogP contribution in [0.4, 0.5) is 8.78 Å². The van der Waals surface area contributed by atoms with Gasteiger partial charge in [-0.1, -0.05) is 0 Å². The van der Waals surface area contributed by atoms with Gasteiger partial charge in [0.05, 0.1) is 30.5 Å². The number of aryl methyl sites for hydroxylation is 2. The molecule has 0 aliphatic heterocycles. The Labute approximate surface area is 201 Å². The number of aromatic nitrogens is 4. The summed E-state index contributed by atoms with van der Waals surface area (Å²) >= 11 is 1.25. The van der Waals surface area contributed by atoms with Crippen molar-refractivity contribution in [1.29, 1.82) is 0 Å². The van der Waals surface area contributed by atoms with E-state index in [0.29, 0.717) is 27.8 Å². The van der Waals surface area contributed by atoms with E-state index in [0.717, 1.165) is 18.2 Å². The van der Waals surface area contributed by atoms with Gasteiger partial charge in [0.25, 0.3) is 5.56 Å². The number of hydrogen-bond acceptors (Lipinski definition) is 6. The number of carbonyl (C=O) groups excluding carboxylic acids is 1. The van der Waals surface area contributed by atoms with Crippen LogP contribution in [0.3, 0.4) is 0 Å². The molecule has 4 aromatic heterocycles. The highest BCUT2D eigenvalue weighted by atomic mass is 32.1. The minimum Gasteiger partial charge on any atom is -0.467 e. The topological polar surface area (TPSA) is 94.4 Å². The normalized spacial score (nSPS) is 11.3. The molecule has 4 heterocycles. The predicted octanol–water partition coefficient (Wildman–Crippen LogP) is 3.96. The first-order chi connectivity index (χ1) is 16.8. The zero-order chi connectivity index (χ0) is 24.7. The average Bonchev–Trinajstić information content (AvgIpc) is 3.55. The Morgan fingerprint density at radius 2 is 2.03 bits per heavy atom. The van der Waals surface area contributed by atoms with E-state index < -0.39 is 17.2 Å². The van der Waals surface area contributed by atoms with Gasteiger partial charge in [-0.25, -0.2) is 18.4 Å². The van der Waals surface area contributed by atoms with Crippen LogP contribution >= 0.6 is 11.3 Å². The van der Waals surface area contributed by atoms with E-state index in [1.807, 2.05) is 0 Å². The molecular weight excluding hydrogens is 476 g/mol. The number of fused-ring (bicyclic) bond motifs is 1. The Kier molecular flexibility index (Phi) is 5.77. The number of nitrogens with zero attached hydrogens (tertiary/aromatic N) is 4. The number of carbonyl (C=O) groups is 1. The van der Waals surface area contributed by atoms with Crippen molar-refractivity contribution in [2.75, 3.05) is 0 Å². The first-order valence-corrected chi connectivity index (χ1v) is 11.5. The molecule has 1 N–H and O–H groups in total. The maximum Gasteiger partial charge on any atom is 0.268 e. The van der Waals surface area contributed by atoms with Crippen molar-refractivity contribution >= 4 is 22.2 Å². The monoisotopic (exact) mass is 495 g/mol. The number of benzene rings is 1. The summed E-state index contributed by atoms with van der Waals surface area (Å²) in [5.74, 6) is -0.917. The SMILES string of the molecule is Cc1nc2scc(CC(=O)NCc3ccco3)n2c(=O)c1-c1cc(C)n(-c2cc(F)ccc2F)n1. The summed E-state index contributed by atoms with van der Waals surface area (Å²) in [4.78, 5) is 31.0. The van der Waals surface area contributed by atoms with E-state index >= 15 is 0 Å². The van der Waals surface area contributed by atoms with Gasteiger partial charge >= 0.3 is 0 Å². The molecule has 1 aromatic carbocycles. The summed E-state index contributed by atoms with van der Waals surface area (Å²) in [7, 11) is 0. The first kappa shape index (κ1) is 22.7. The second-order valence-electron chi connectivity index (χ2n) is 7.93. The molecule has 0 aliphatic carbocycles. The number of nitrogens with one attached hydrogen (secondary N) is 1. The van der Waals surface area contributed by atoms with Gasteiger partial charge in [0, 0.05) is 22.8 Å². The highest BCUT2D eigenvalue weighted by Gasteiger charge is 2.21. The smallest absolute Gasteiger partial charge is 0.268 e. The van der Waals surface area contributed by atoms with Crippen LogP contribution in [-0.2, 0) is 17.8 Å². The van der Waals surface area contributed by atoms with Gasteiger partial charge in [0.2, 0.25) is 5.91 Å². The summed E-state index contributed by atoms with van der Waals surface area (Å²) in [6, 6.07) is 8.18. The van der Waals surface area contributed by atoms with Gasteiger partial charge in [0.15, 0.2) is 4.96 Å². The summed E-state index contributed by atoms with van der Waals surface area (Å²) in [6.07, 6.45) is 1.49. The van der Waals surface area contributed by atoms with Crippen LogP contribution in [-0.4, -0.2) is 25.1 Å². The Bertz CT molecular complexity index is 1620. The standard InChI is InChI=1S/C24H19F2N5O3S/c1-13-8-19(29-31(13)20-9-15(25)5-6-18(20)26)22-14(2)28-24-30(23(22)33)16(12-35-24)10-21(32)27-11-17-4-3-7-34-17/h3-9,12H,10-11H2,1-2H3,(H,27,32). The molecule has 0 spiro atoms. The number of furan rings is 1. The zero-order valence-electron chi connectivity index (χ0n) is 18.7. The minimum atomic E-state index is -0.646. The van der Waals surface area contributed by atoms with Gasteiger partial charge in [-0.2, -0.15) is 5.10 Å². The van der Waals surface area contributed by atoms with Gasteiger partial charge in [-0.05, 0) is 44.2 Å². The summed E-state index contributed by atoms with van der Waals surface area (Å²) in [5, 5.41) is 8.86. The number of rotatable bonds is 6.